The Morgan fingerprint density at radius 2 is 1.76 bits per heavy atom. The molecule has 11 nitrogen and oxygen atoms in total. The minimum absolute atomic E-state index is 0.0582. The van der Waals surface area contributed by atoms with E-state index in [2.05, 4.69) is 18.4 Å². The quantitative estimate of drug-likeness (QED) is 0.268. The van der Waals surface area contributed by atoms with Crippen molar-refractivity contribution in [3.63, 3.8) is 0 Å². The lowest BCUT2D eigenvalue weighted by Gasteiger charge is -2.48. The summed E-state index contributed by atoms with van der Waals surface area (Å²) in [6.07, 6.45) is -3.35. The Morgan fingerprint density at radius 3 is 2.36 bits per heavy atom. The van der Waals surface area contributed by atoms with Crippen molar-refractivity contribution in [3.05, 3.63) is 12.2 Å². The molecule has 0 unspecified atom stereocenters. The molecule has 0 spiro atoms. The Hall–Kier alpha value is -1.44. The number of likely N-dealkylation sites (N-methyl/N-ethyl adjacent to an activating group) is 1. The van der Waals surface area contributed by atoms with Gasteiger partial charge in [-0.15, -0.1) is 0 Å². The van der Waals surface area contributed by atoms with Crippen molar-refractivity contribution in [3.8, 4) is 0 Å². The van der Waals surface area contributed by atoms with E-state index in [9.17, 15) is 19.8 Å². The van der Waals surface area contributed by atoms with Gasteiger partial charge in [0.15, 0.2) is 12.1 Å². The van der Waals surface area contributed by atoms with E-state index >= 15 is 0 Å². The molecule has 260 valence electrons. The number of ether oxygens (including phenoxy) is 5. The molecule has 4 fully saturated rings. The number of Topliss-reactive ketones (excluding diaryl/α,β-unsaturated/α-hetero) is 1. The van der Waals surface area contributed by atoms with Crippen molar-refractivity contribution < 1.29 is 43.5 Å². The second-order valence-electron chi connectivity index (χ2n) is 14.7. The maximum absolute atomic E-state index is 14.2. The molecule has 2 bridgehead atoms. The molecule has 2 N–H and O–H groups in total. The molecule has 4 aliphatic rings. The predicted octanol–water partition coefficient (Wildman–Crippen LogP) is 2.80. The van der Waals surface area contributed by atoms with Gasteiger partial charge in [0.25, 0.3) is 0 Å². The number of esters is 1. The van der Waals surface area contributed by atoms with Crippen LogP contribution in [0.3, 0.4) is 0 Å². The Morgan fingerprint density at radius 1 is 1.11 bits per heavy atom. The highest BCUT2D eigenvalue weighted by molar-refractivity contribution is 6.00. The molecular weight excluding hydrogens is 580 g/mol. The molecule has 4 aliphatic heterocycles. The van der Waals surface area contributed by atoms with Gasteiger partial charge in [0, 0.05) is 24.5 Å². The Bertz CT molecular complexity index is 1040. The maximum Gasteiger partial charge on any atom is 0.316 e. The van der Waals surface area contributed by atoms with Gasteiger partial charge < -0.3 is 43.7 Å². The van der Waals surface area contributed by atoms with Crippen molar-refractivity contribution in [1.82, 2.24) is 9.80 Å². The van der Waals surface area contributed by atoms with E-state index < -0.39 is 59.7 Å². The summed E-state index contributed by atoms with van der Waals surface area (Å²) >= 11 is 0. The van der Waals surface area contributed by atoms with E-state index in [0.717, 1.165) is 0 Å². The number of aliphatic hydroxyl groups excluding tert-OH is 1. The third-order valence-corrected chi connectivity index (χ3v) is 10.3. The average molecular weight is 641 g/mol. The van der Waals surface area contributed by atoms with Gasteiger partial charge in [0.05, 0.1) is 37.1 Å². The monoisotopic (exact) mass is 640 g/mol. The van der Waals surface area contributed by atoms with E-state index in [0.29, 0.717) is 31.4 Å². The lowest BCUT2D eigenvalue weighted by molar-refractivity contribution is -0.297. The zero-order valence-corrected chi connectivity index (χ0v) is 29.4. The second-order valence-corrected chi connectivity index (χ2v) is 14.7. The molecule has 0 aromatic carbocycles. The summed E-state index contributed by atoms with van der Waals surface area (Å²) in [5.74, 6) is -3.27. The summed E-state index contributed by atoms with van der Waals surface area (Å²) in [5.41, 5.74) is -1.98. The molecule has 0 aromatic rings. The summed E-state index contributed by atoms with van der Waals surface area (Å²) in [6, 6.07) is -0.279. The van der Waals surface area contributed by atoms with Gasteiger partial charge in [-0.1, -0.05) is 27.4 Å². The van der Waals surface area contributed by atoms with E-state index in [1.165, 1.54) is 6.92 Å². The highest BCUT2D eigenvalue weighted by Crippen LogP contribution is 2.38. The number of fused-ring (bicyclic) bond motifs is 15. The Kier molecular flexibility index (Phi) is 12.8. The number of aliphatic hydroxyl groups is 2. The first-order chi connectivity index (χ1) is 20.8. The topological polar surface area (TPSA) is 127 Å². The molecule has 4 rings (SSSR count). The Labute approximate surface area is 270 Å². The van der Waals surface area contributed by atoms with E-state index in [1.807, 2.05) is 53.7 Å². The fourth-order valence-electron chi connectivity index (χ4n) is 7.45. The van der Waals surface area contributed by atoms with Gasteiger partial charge >= 0.3 is 5.97 Å². The van der Waals surface area contributed by atoms with Gasteiger partial charge in [-0.25, -0.2) is 0 Å². The number of hydrogen-bond acceptors (Lipinski definition) is 11. The smallest absolute Gasteiger partial charge is 0.316 e. The molecule has 0 saturated carbocycles. The fraction of sp³-hybridized carbons (Fsp3) is 0.882. The first kappa shape index (κ1) is 38.0. The van der Waals surface area contributed by atoms with Gasteiger partial charge in [-0.2, -0.15) is 0 Å². The lowest BCUT2D eigenvalue weighted by Crippen LogP contribution is -2.60. The lowest BCUT2D eigenvalue weighted by atomic mass is 9.79. The minimum Gasteiger partial charge on any atom is -0.459 e. The highest BCUT2D eigenvalue weighted by Gasteiger charge is 2.51. The molecule has 4 saturated heterocycles. The summed E-state index contributed by atoms with van der Waals surface area (Å²) in [7, 11) is 5.82. The van der Waals surface area contributed by atoms with Crippen molar-refractivity contribution in [2.75, 3.05) is 40.9 Å². The Balaban J connectivity index is 2.19. The van der Waals surface area contributed by atoms with Crippen LogP contribution >= 0.6 is 0 Å². The maximum atomic E-state index is 14.2. The number of rotatable bonds is 4. The molecule has 0 radical (unpaired) electrons. The molecular formula is C34H60N2O9. The van der Waals surface area contributed by atoms with Crippen LogP contribution in [0.15, 0.2) is 12.2 Å². The third kappa shape index (κ3) is 8.54. The normalized spacial score (nSPS) is 45.3. The molecule has 11 heteroatoms. The zero-order valence-electron chi connectivity index (χ0n) is 29.4. The summed E-state index contributed by atoms with van der Waals surface area (Å²) < 4.78 is 31.8. The van der Waals surface area contributed by atoms with Crippen LogP contribution in [0.5, 0.6) is 0 Å². The second kappa shape index (κ2) is 15.2. The number of ketones is 1. The molecule has 13 atom stereocenters. The van der Waals surface area contributed by atoms with Gasteiger partial charge in [-0.3, -0.25) is 9.59 Å². The van der Waals surface area contributed by atoms with E-state index in [4.69, 9.17) is 23.7 Å². The van der Waals surface area contributed by atoms with E-state index in [-0.39, 0.29) is 43.1 Å². The summed E-state index contributed by atoms with van der Waals surface area (Å²) in [4.78, 5) is 31.9. The van der Waals surface area contributed by atoms with Crippen LogP contribution in [-0.4, -0.2) is 133 Å². The fourth-order valence-corrected chi connectivity index (χ4v) is 7.45. The van der Waals surface area contributed by atoms with Crippen molar-refractivity contribution in [1.29, 1.82) is 0 Å². The van der Waals surface area contributed by atoms with Gasteiger partial charge in [0.2, 0.25) is 0 Å². The van der Waals surface area contributed by atoms with Crippen LogP contribution in [0.2, 0.25) is 0 Å². The number of carbonyl (C=O) groups is 2. The standard InChI is InChI=1S/C34H60N2O9/c1-13-26-34(9,40)29-20(3)16-36(12)21(4)15-33(8,42-18-19(2)17-41-29)30(23(6)27(37)24(7)31(39)44-26)45-32-28(38)25(35(10)11)14-22(5)43-32/h20-26,28-30,32,38,40H,2,13-18H2,1,3-12H3/t20-,21+,22+,23-,24+,25-,26+,28+,29-,30+,32-,33+,34+/m0/s1. The largest absolute Gasteiger partial charge is 0.459 e. The van der Waals surface area contributed by atoms with Crippen LogP contribution < -0.4 is 0 Å². The van der Waals surface area contributed by atoms with Crippen LogP contribution in [0, 0.1) is 17.8 Å². The third-order valence-electron chi connectivity index (χ3n) is 10.3. The van der Waals surface area contributed by atoms with Crippen molar-refractivity contribution in [2.45, 2.75) is 135 Å². The van der Waals surface area contributed by atoms with E-state index in [1.54, 1.807) is 13.8 Å². The predicted molar refractivity (Wildman–Crippen MR) is 171 cm³/mol. The van der Waals surface area contributed by atoms with Crippen LogP contribution in [-0.2, 0) is 33.3 Å². The number of nitrogens with zero attached hydrogens (tertiary/aromatic N) is 2. The highest BCUT2D eigenvalue weighted by atomic mass is 16.7. The van der Waals surface area contributed by atoms with Crippen molar-refractivity contribution in [2.24, 2.45) is 17.8 Å². The van der Waals surface area contributed by atoms with Crippen molar-refractivity contribution >= 4 is 11.8 Å². The summed E-state index contributed by atoms with van der Waals surface area (Å²) in [6.45, 7) is 19.7. The van der Waals surface area contributed by atoms with Gasteiger partial charge in [0.1, 0.15) is 23.7 Å². The molecule has 4 heterocycles. The van der Waals surface area contributed by atoms with Crippen LogP contribution in [0.25, 0.3) is 0 Å². The van der Waals surface area contributed by atoms with Crippen LogP contribution in [0.1, 0.15) is 74.7 Å². The van der Waals surface area contributed by atoms with Gasteiger partial charge in [-0.05, 0) is 86.5 Å². The number of carbonyl (C=O) groups excluding carboxylic acids is 2. The molecule has 0 amide bonds. The molecule has 0 aromatic heterocycles. The number of hydrogen-bond donors (Lipinski definition) is 2. The van der Waals surface area contributed by atoms with Crippen LogP contribution in [0.4, 0.5) is 0 Å². The first-order valence-corrected chi connectivity index (χ1v) is 16.6. The molecule has 0 aliphatic carbocycles. The average Bonchev–Trinajstić information content (AvgIpc) is 2.96. The summed E-state index contributed by atoms with van der Waals surface area (Å²) in [5, 5.41) is 23.4. The SMILES string of the molecule is C=C1CO[C@H]2[C@@H](C)CN(C)[C@H](C)C[C@@](C)(OC1)[C@H](O[C@@H]1O[C@H](C)C[C@H](N(C)C)[C@H]1O)[C@@H](C)C(=O)[C@@H](C)C(=O)O[C@H](CC)[C@@]2(C)O. The molecule has 45 heavy (non-hydrogen) atoms. The first-order valence-electron chi connectivity index (χ1n) is 16.6. The minimum atomic E-state index is -1.55. The zero-order chi connectivity index (χ0) is 34.0.